The molecule has 0 saturated carbocycles. The number of methoxy groups -OCH3 is 1. The van der Waals surface area contributed by atoms with Gasteiger partial charge in [-0.25, -0.2) is 5.43 Å². The smallest absolute Gasteiger partial charge is 0.124 e. The van der Waals surface area contributed by atoms with Gasteiger partial charge in [-0.1, -0.05) is 34.8 Å². The Hall–Kier alpha value is -1.04. The van der Waals surface area contributed by atoms with Crippen molar-refractivity contribution in [2.24, 2.45) is 5.84 Å². The van der Waals surface area contributed by atoms with Crippen LogP contribution in [0.3, 0.4) is 0 Å². The first-order chi connectivity index (χ1) is 9.56. The number of hydrogen-bond donors (Lipinski definition) is 2. The van der Waals surface area contributed by atoms with E-state index in [2.05, 4.69) is 10.4 Å². The highest BCUT2D eigenvalue weighted by atomic mass is 35.5. The minimum absolute atomic E-state index is 0.405. The number of nitrogens with zero attached hydrogens (tertiary/aromatic N) is 1. The summed E-state index contributed by atoms with van der Waals surface area (Å²) in [5.74, 6) is 6.27. The lowest BCUT2D eigenvalue weighted by molar-refractivity contribution is 0.404. The normalized spacial score (nSPS) is 12.2. The molecule has 7 heteroatoms. The van der Waals surface area contributed by atoms with E-state index in [4.69, 9.17) is 45.4 Å². The number of nitrogens with one attached hydrogen (secondary N) is 1. The van der Waals surface area contributed by atoms with E-state index >= 15 is 0 Å². The lowest BCUT2D eigenvalue weighted by Gasteiger charge is -2.20. The minimum Gasteiger partial charge on any atom is -0.496 e. The summed E-state index contributed by atoms with van der Waals surface area (Å²) in [5.41, 5.74) is 3.94. The highest BCUT2D eigenvalue weighted by Gasteiger charge is 2.21. The van der Waals surface area contributed by atoms with Crippen molar-refractivity contribution in [2.45, 2.75) is 6.04 Å². The molecule has 3 N–H and O–H groups in total. The number of hydrogen-bond acceptors (Lipinski definition) is 4. The third kappa shape index (κ3) is 3.16. The SMILES string of the molecule is COc1ccc(Cl)cc1C(NN)c1ncc(Cl)cc1Cl. The van der Waals surface area contributed by atoms with Crippen molar-refractivity contribution in [3.05, 3.63) is 56.8 Å². The van der Waals surface area contributed by atoms with Crippen molar-refractivity contribution < 1.29 is 4.74 Å². The monoisotopic (exact) mass is 331 g/mol. The Morgan fingerprint density at radius 3 is 2.55 bits per heavy atom. The molecule has 4 nitrogen and oxygen atoms in total. The van der Waals surface area contributed by atoms with Crippen molar-refractivity contribution in [1.82, 2.24) is 10.4 Å². The Kier molecular flexibility index (Phi) is 5.07. The maximum atomic E-state index is 6.17. The van der Waals surface area contributed by atoms with Gasteiger partial charge in [0.2, 0.25) is 0 Å². The number of halogens is 3. The first-order valence-corrected chi connectivity index (χ1v) is 6.80. The fraction of sp³-hybridized carbons (Fsp3) is 0.154. The summed E-state index contributed by atoms with van der Waals surface area (Å²) < 4.78 is 5.32. The zero-order valence-corrected chi connectivity index (χ0v) is 12.8. The van der Waals surface area contributed by atoms with E-state index < -0.39 is 6.04 Å². The van der Waals surface area contributed by atoms with E-state index in [0.29, 0.717) is 26.5 Å². The Morgan fingerprint density at radius 2 is 1.95 bits per heavy atom. The van der Waals surface area contributed by atoms with E-state index in [1.165, 1.54) is 6.20 Å². The maximum absolute atomic E-state index is 6.17. The van der Waals surface area contributed by atoms with Crippen LogP contribution in [0.2, 0.25) is 15.1 Å². The summed E-state index contributed by atoms with van der Waals surface area (Å²) in [6.45, 7) is 0. The number of nitrogens with two attached hydrogens (primary N) is 1. The van der Waals surface area contributed by atoms with Gasteiger partial charge in [0.1, 0.15) is 5.75 Å². The van der Waals surface area contributed by atoms with Gasteiger partial charge < -0.3 is 4.74 Å². The van der Waals surface area contributed by atoms with Crippen LogP contribution < -0.4 is 16.0 Å². The van der Waals surface area contributed by atoms with Gasteiger partial charge in [0.05, 0.1) is 28.9 Å². The molecule has 0 aliphatic rings. The number of ether oxygens (including phenoxy) is 1. The molecule has 1 atom stereocenters. The van der Waals surface area contributed by atoms with E-state index in [9.17, 15) is 0 Å². The highest BCUT2D eigenvalue weighted by Crippen LogP contribution is 2.34. The largest absolute Gasteiger partial charge is 0.496 e. The Bertz CT molecular complexity index is 622. The summed E-state index contributed by atoms with van der Waals surface area (Å²) in [6.07, 6.45) is 1.50. The quantitative estimate of drug-likeness (QED) is 0.663. The molecule has 1 unspecified atom stereocenters. The summed E-state index contributed by atoms with van der Waals surface area (Å²) in [4.78, 5) is 4.23. The average Bonchev–Trinajstić information content (AvgIpc) is 2.42. The molecule has 1 aromatic carbocycles. The zero-order valence-electron chi connectivity index (χ0n) is 10.5. The second-order valence-electron chi connectivity index (χ2n) is 4.01. The van der Waals surface area contributed by atoms with E-state index in [0.717, 1.165) is 5.56 Å². The van der Waals surface area contributed by atoms with Gasteiger partial charge in [-0.2, -0.15) is 0 Å². The van der Waals surface area contributed by atoms with Crippen molar-refractivity contribution >= 4 is 34.8 Å². The number of pyridine rings is 1. The minimum atomic E-state index is -0.464. The van der Waals surface area contributed by atoms with Crippen molar-refractivity contribution in [3.63, 3.8) is 0 Å². The van der Waals surface area contributed by atoms with Crippen LogP contribution in [0, 0.1) is 0 Å². The lowest BCUT2D eigenvalue weighted by atomic mass is 10.0. The standard InChI is InChI=1S/C13H12Cl3N3O/c1-20-11-3-2-7(14)4-9(11)12(19-17)13-10(16)5-8(15)6-18-13/h2-6,12,19H,17H2,1H3. The second-order valence-corrected chi connectivity index (χ2v) is 5.29. The molecule has 0 spiro atoms. The molecular weight excluding hydrogens is 321 g/mol. The fourth-order valence-electron chi connectivity index (χ4n) is 1.88. The molecule has 106 valence electrons. The van der Waals surface area contributed by atoms with Crippen molar-refractivity contribution in [3.8, 4) is 5.75 Å². The summed E-state index contributed by atoms with van der Waals surface area (Å²) in [7, 11) is 1.57. The van der Waals surface area contributed by atoms with E-state index in [1.54, 1.807) is 31.4 Å². The van der Waals surface area contributed by atoms with Crippen LogP contribution in [0.25, 0.3) is 0 Å². The molecule has 1 heterocycles. The predicted molar refractivity (Wildman–Crippen MR) is 81.4 cm³/mol. The Balaban J connectivity index is 2.54. The molecule has 20 heavy (non-hydrogen) atoms. The van der Waals surface area contributed by atoms with Gasteiger partial charge in [-0.3, -0.25) is 10.8 Å². The van der Waals surface area contributed by atoms with Crippen LogP contribution in [0.5, 0.6) is 5.75 Å². The van der Waals surface area contributed by atoms with Crippen LogP contribution in [0.4, 0.5) is 0 Å². The van der Waals surface area contributed by atoms with Crippen molar-refractivity contribution in [2.75, 3.05) is 7.11 Å². The second kappa shape index (κ2) is 6.61. The molecule has 0 bridgehead atoms. The van der Waals surface area contributed by atoms with Crippen LogP contribution in [0.15, 0.2) is 30.5 Å². The molecule has 2 rings (SSSR count). The van der Waals surface area contributed by atoms with Crippen LogP contribution in [0.1, 0.15) is 17.3 Å². The maximum Gasteiger partial charge on any atom is 0.124 e. The zero-order chi connectivity index (χ0) is 14.7. The molecular formula is C13H12Cl3N3O. The Labute approximate surface area is 131 Å². The molecule has 0 radical (unpaired) electrons. The topological polar surface area (TPSA) is 60.2 Å². The number of aromatic nitrogens is 1. The molecule has 0 aliphatic carbocycles. The Morgan fingerprint density at radius 1 is 1.20 bits per heavy atom. The summed E-state index contributed by atoms with van der Waals surface area (Å²) in [5, 5.41) is 1.42. The number of rotatable bonds is 4. The first-order valence-electron chi connectivity index (χ1n) is 5.67. The van der Waals surface area contributed by atoms with Gasteiger partial charge >= 0.3 is 0 Å². The third-order valence-electron chi connectivity index (χ3n) is 2.78. The number of hydrazine groups is 1. The fourth-order valence-corrected chi connectivity index (χ4v) is 2.55. The molecule has 0 aliphatic heterocycles. The average molecular weight is 333 g/mol. The van der Waals surface area contributed by atoms with Crippen LogP contribution in [-0.4, -0.2) is 12.1 Å². The third-order valence-corrected chi connectivity index (χ3v) is 3.52. The highest BCUT2D eigenvalue weighted by molar-refractivity contribution is 6.34. The van der Waals surface area contributed by atoms with Gasteiger partial charge in [-0.15, -0.1) is 0 Å². The molecule has 0 amide bonds. The predicted octanol–water partition coefficient (Wildman–Crippen LogP) is 3.60. The molecule has 0 fully saturated rings. The first kappa shape index (κ1) is 15.4. The van der Waals surface area contributed by atoms with E-state index in [-0.39, 0.29) is 0 Å². The van der Waals surface area contributed by atoms with Gasteiger partial charge in [0.25, 0.3) is 0 Å². The molecule has 1 aromatic heterocycles. The van der Waals surface area contributed by atoms with Gasteiger partial charge in [0, 0.05) is 16.8 Å². The molecule has 2 aromatic rings. The van der Waals surface area contributed by atoms with E-state index in [1.807, 2.05) is 0 Å². The summed E-state index contributed by atoms with van der Waals surface area (Å²) >= 11 is 18.1. The van der Waals surface area contributed by atoms with Crippen molar-refractivity contribution in [1.29, 1.82) is 0 Å². The molecule has 0 saturated heterocycles. The van der Waals surface area contributed by atoms with Crippen LogP contribution in [-0.2, 0) is 0 Å². The lowest BCUT2D eigenvalue weighted by Crippen LogP contribution is -2.30. The van der Waals surface area contributed by atoms with Crippen LogP contribution >= 0.6 is 34.8 Å². The van der Waals surface area contributed by atoms with Gasteiger partial charge in [-0.05, 0) is 24.3 Å². The van der Waals surface area contributed by atoms with Gasteiger partial charge in [0.15, 0.2) is 0 Å². The number of benzene rings is 1. The summed E-state index contributed by atoms with van der Waals surface area (Å²) in [6, 6.07) is 6.37.